The summed E-state index contributed by atoms with van der Waals surface area (Å²) in [7, 11) is 0. The molecule has 0 aromatic carbocycles. The topological polar surface area (TPSA) is 43.4 Å². The molecule has 0 N–H and O–H groups in total. The Hall–Kier alpha value is 0.140. The van der Waals surface area contributed by atoms with Crippen molar-refractivity contribution in [3.8, 4) is 0 Å². The summed E-state index contributed by atoms with van der Waals surface area (Å²) >= 11 is 0. The molecule has 3 nitrogen and oxygen atoms in total. The molecule has 0 heterocycles. The van der Waals surface area contributed by atoms with Crippen molar-refractivity contribution in [1.82, 2.24) is 0 Å². The van der Waals surface area contributed by atoms with E-state index in [-0.39, 0.29) is 60.3 Å². The van der Waals surface area contributed by atoms with Crippen LogP contribution in [0.4, 0.5) is 0 Å². The molecule has 0 aromatic rings. The average molecular weight is 182 g/mol. The number of rotatable bonds is 4. The summed E-state index contributed by atoms with van der Waals surface area (Å²) in [5.41, 5.74) is 0. The number of hydrogen-bond donors (Lipinski definition) is 0. The molecule has 0 radical (unpaired) electrons. The minimum atomic E-state index is -0.296. The molecule has 0 rings (SSSR count). The summed E-state index contributed by atoms with van der Waals surface area (Å²) in [4.78, 5) is 21.2. The van der Waals surface area contributed by atoms with Gasteiger partial charge >= 0.3 is 35.5 Å². The first kappa shape index (κ1) is 14.7. The fraction of sp³-hybridized carbons (Fsp3) is 0.750. The fourth-order valence-electron chi connectivity index (χ4n) is 0.600. The van der Waals surface area contributed by atoms with E-state index < -0.39 is 0 Å². The van der Waals surface area contributed by atoms with E-state index in [1.165, 1.54) is 6.92 Å². The predicted octanol–water partition coefficient (Wildman–Crippen LogP) is 0.659. The van der Waals surface area contributed by atoms with E-state index in [1.54, 1.807) is 13.8 Å². The zero-order valence-corrected chi connectivity index (χ0v) is 7.22. The molecular formula is C8H15NaO3. The summed E-state index contributed by atoms with van der Waals surface area (Å²) in [6.07, 6.45) is 0.397. The molecule has 4 heteroatoms. The van der Waals surface area contributed by atoms with Gasteiger partial charge in [0.1, 0.15) is 5.78 Å². The van der Waals surface area contributed by atoms with Crippen LogP contribution in [0.3, 0.4) is 0 Å². The van der Waals surface area contributed by atoms with Gasteiger partial charge < -0.3 is 9.53 Å². The van der Waals surface area contributed by atoms with Crippen molar-refractivity contribution in [1.29, 1.82) is 0 Å². The Bertz CT molecular complexity index is 154. The van der Waals surface area contributed by atoms with Crippen molar-refractivity contribution in [2.75, 3.05) is 0 Å². The van der Waals surface area contributed by atoms with Crippen LogP contribution >= 0.6 is 0 Å². The SMILES string of the molecule is CC(=O)CCC(=O)OC(C)C.[NaH]. The standard InChI is InChI=1S/C8H14O3.Na.H/c1-6(2)11-8(10)5-4-7(3)9;;/h6H,4-5H2,1-3H3;;. The summed E-state index contributed by atoms with van der Waals surface area (Å²) in [6, 6.07) is 0. The Balaban J connectivity index is 0. The van der Waals surface area contributed by atoms with Gasteiger partial charge in [-0.15, -0.1) is 0 Å². The van der Waals surface area contributed by atoms with Crippen LogP contribution in [0.2, 0.25) is 0 Å². The Morgan fingerprint density at radius 2 is 1.75 bits per heavy atom. The van der Waals surface area contributed by atoms with E-state index in [0.29, 0.717) is 0 Å². The molecule has 0 aliphatic carbocycles. The number of Topliss-reactive ketones (excluding diaryl/α,β-unsaturated/α-hetero) is 1. The van der Waals surface area contributed by atoms with Crippen LogP contribution in [0.25, 0.3) is 0 Å². The van der Waals surface area contributed by atoms with Gasteiger partial charge in [-0.25, -0.2) is 0 Å². The van der Waals surface area contributed by atoms with E-state index in [1.807, 2.05) is 0 Å². The number of ether oxygens (including phenoxy) is 1. The van der Waals surface area contributed by atoms with Crippen LogP contribution in [-0.4, -0.2) is 47.4 Å². The van der Waals surface area contributed by atoms with Gasteiger partial charge in [0.25, 0.3) is 0 Å². The number of carbonyl (C=O) groups is 2. The van der Waals surface area contributed by atoms with Crippen LogP contribution in [-0.2, 0) is 14.3 Å². The van der Waals surface area contributed by atoms with Crippen LogP contribution in [0.5, 0.6) is 0 Å². The van der Waals surface area contributed by atoms with Gasteiger partial charge in [0.15, 0.2) is 0 Å². The second kappa shape index (κ2) is 7.77. The van der Waals surface area contributed by atoms with Gasteiger partial charge in [-0.05, 0) is 20.8 Å². The predicted molar refractivity (Wildman–Crippen MR) is 48.3 cm³/mol. The monoisotopic (exact) mass is 182 g/mol. The normalized spacial score (nSPS) is 9.00. The molecule has 0 amide bonds. The van der Waals surface area contributed by atoms with Gasteiger partial charge in [-0.3, -0.25) is 4.79 Å². The third-order valence-electron chi connectivity index (χ3n) is 1.05. The summed E-state index contributed by atoms with van der Waals surface area (Å²) in [6.45, 7) is 5.03. The van der Waals surface area contributed by atoms with E-state index in [2.05, 4.69) is 0 Å². The number of carbonyl (C=O) groups excluding carboxylic acids is 2. The Morgan fingerprint density at radius 1 is 1.25 bits per heavy atom. The van der Waals surface area contributed by atoms with Crippen molar-refractivity contribution >= 4 is 41.3 Å². The third kappa shape index (κ3) is 10.1. The molecule has 0 aliphatic heterocycles. The number of hydrogen-bond acceptors (Lipinski definition) is 3. The molecule has 0 aromatic heterocycles. The number of esters is 1. The molecule has 0 spiro atoms. The van der Waals surface area contributed by atoms with Gasteiger partial charge in [0.2, 0.25) is 0 Å². The van der Waals surface area contributed by atoms with Crippen LogP contribution in [0.1, 0.15) is 33.6 Å². The molecule has 66 valence electrons. The summed E-state index contributed by atoms with van der Waals surface area (Å²) < 4.78 is 4.81. The summed E-state index contributed by atoms with van der Waals surface area (Å²) in [5, 5.41) is 0. The molecule has 0 unspecified atom stereocenters. The van der Waals surface area contributed by atoms with Crippen LogP contribution < -0.4 is 0 Å². The molecule has 12 heavy (non-hydrogen) atoms. The van der Waals surface area contributed by atoms with Crippen molar-refractivity contribution in [3.63, 3.8) is 0 Å². The molecule has 0 aliphatic rings. The van der Waals surface area contributed by atoms with Crippen LogP contribution in [0, 0.1) is 0 Å². The minimum absolute atomic E-state index is 0. The zero-order chi connectivity index (χ0) is 8.85. The Kier molecular flexibility index (Phi) is 9.49. The zero-order valence-electron chi connectivity index (χ0n) is 7.22. The quantitative estimate of drug-likeness (QED) is 0.474. The maximum atomic E-state index is 10.8. The number of ketones is 1. The van der Waals surface area contributed by atoms with E-state index in [4.69, 9.17) is 4.74 Å². The third-order valence-corrected chi connectivity index (χ3v) is 1.05. The second-order valence-electron chi connectivity index (χ2n) is 2.74. The van der Waals surface area contributed by atoms with Crippen molar-refractivity contribution in [3.05, 3.63) is 0 Å². The van der Waals surface area contributed by atoms with Crippen molar-refractivity contribution in [2.24, 2.45) is 0 Å². The van der Waals surface area contributed by atoms with Gasteiger partial charge in [-0.1, -0.05) is 0 Å². The molecular weight excluding hydrogens is 167 g/mol. The molecule has 0 bridgehead atoms. The van der Waals surface area contributed by atoms with E-state index >= 15 is 0 Å². The first-order valence-corrected chi connectivity index (χ1v) is 3.71. The van der Waals surface area contributed by atoms with Crippen LogP contribution in [0.15, 0.2) is 0 Å². The Morgan fingerprint density at radius 3 is 2.08 bits per heavy atom. The Labute approximate surface area is 95.1 Å². The first-order valence-electron chi connectivity index (χ1n) is 3.71. The fourth-order valence-corrected chi connectivity index (χ4v) is 0.600. The van der Waals surface area contributed by atoms with Crippen molar-refractivity contribution in [2.45, 2.75) is 39.7 Å². The van der Waals surface area contributed by atoms with Gasteiger partial charge in [0.05, 0.1) is 12.5 Å². The first-order chi connectivity index (χ1) is 5.02. The van der Waals surface area contributed by atoms with E-state index in [0.717, 1.165) is 0 Å². The average Bonchev–Trinajstić information content (AvgIpc) is 1.82. The summed E-state index contributed by atoms with van der Waals surface area (Å²) in [5.74, 6) is -0.277. The maximum absolute atomic E-state index is 10.8. The van der Waals surface area contributed by atoms with E-state index in [9.17, 15) is 9.59 Å². The molecule has 0 saturated carbocycles. The molecule has 0 saturated heterocycles. The second-order valence-corrected chi connectivity index (χ2v) is 2.74. The molecule has 0 fully saturated rings. The van der Waals surface area contributed by atoms with Crippen molar-refractivity contribution < 1.29 is 14.3 Å². The van der Waals surface area contributed by atoms with Gasteiger partial charge in [-0.2, -0.15) is 0 Å². The molecule has 0 atom stereocenters. The van der Waals surface area contributed by atoms with Gasteiger partial charge in [0, 0.05) is 6.42 Å².